The number of rotatable bonds is 4. The van der Waals surface area contributed by atoms with Crippen LogP contribution in [-0.4, -0.2) is 6.54 Å². The number of benzene rings is 1. The van der Waals surface area contributed by atoms with Crippen molar-refractivity contribution in [3.8, 4) is 6.07 Å². The standard InChI is InChI=1S/C9H9N3O/c10-6-1-7-11-8-2-4-9(12-13)5-3-8/h2-5,11H,1,7H2. The molecule has 0 atom stereocenters. The normalized spacial score (nSPS) is 8.85. The van der Waals surface area contributed by atoms with Crippen molar-refractivity contribution in [1.82, 2.24) is 0 Å². The summed E-state index contributed by atoms with van der Waals surface area (Å²) in [6, 6.07) is 8.80. The molecule has 13 heavy (non-hydrogen) atoms. The highest BCUT2D eigenvalue weighted by Gasteiger charge is 1.92. The lowest BCUT2D eigenvalue weighted by Gasteiger charge is -2.02. The maximum Gasteiger partial charge on any atom is 0.108 e. The molecule has 0 amide bonds. The first-order valence-electron chi connectivity index (χ1n) is 3.91. The van der Waals surface area contributed by atoms with Gasteiger partial charge in [-0.3, -0.25) is 0 Å². The van der Waals surface area contributed by atoms with Gasteiger partial charge in [-0.25, -0.2) is 0 Å². The third kappa shape index (κ3) is 2.91. The molecule has 0 unspecified atom stereocenters. The average molecular weight is 175 g/mol. The van der Waals surface area contributed by atoms with E-state index in [0.29, 0.717) is 18.7 Å². The Balaban J connectivity index is 2.50. The second-order valence-electron chi connectivity index (χ2n) is 2.47. The summed E-state index contributed by atoms with van der Waals surface area (Å²) in [5.41, 5.74) is 1.30. The van der Waals surface area contributed by atoms with Gasteiger partial charge in [0.05, 0.1) is 12.5 Å². The Labute approximate surface area is 76.2 Å². The molecule has 0 aromatic heterocycles. The first-order valence-corrected chi connectivity index (χ1v) is 3.91. The third-order valence-corrected chi connectivity index (χ3v) is 1.54. The molecule has 1 rings (SSSR count). The van der Waals surface area contributed by atoms with Gasteiger partial charge in [0.2, 0.25) is 0 Å². The van der Waals surface area contributed by atoms with Crippen molar-refractivity contribution in [1.29, 1.82) is 5.26 Å². The van der Waals surface area contributed by atoms with Gasteiger partial charge < -0.3 is 5.32 Å². The SMILES string of the molecule is N#CCCNc1ccc(N=O)cc1. The molecule has 1 aromatic carbocycles. The summed E-state index contributed by atoms with van der Waals surface area (Å²) in [7, 11) is 0. The van der Waals surface area contributed by atoms with Crippen LogP contribution in [0, 0.1) is 16.2 Å². The van der Waals surface area contributed by atoms with Gasteiger partial charge in [0, 0.05) is 12.2 Å². The fourth-order valence-corrected chi connectivity index (χ4v) is 0.903. The van der Waals surface area contributed by atoms with Gasteiger partial charge in [-0.2, -0.15) is 5.26 Å². The highest BCUT2D eigenvalue weighted by molar-refractivity contribution is 5.50. The van der Waals surface area contributed by atoms with Crippen molar-refractivity contribution in [2.45, 2.75) is 6.42 Å². The molecule has 0 aliphatic carbocycles. The van der Waals surface area contributed by atoms with Gasteiger partial charge in [-0.05, 0) is 29.4 Å². The van der Waals surface area contributed by atoms with Gasteiger partial charge in [-0.15, -0.1) is 4.91 Å². The van der Waals surface area contributed by atoms with E-state index < -0.39 is 0 Å². The smallest absolute Gasteiger partial charge is 0.108 e. The van der Waals surface area contributed by atoms with E-state index in [2.05, 4.69) is 10.5 Å². The van der Waals surface area contributed by atoms with Crippen LogP contribution >= 0.6 is 0 Å². The van der Waals surface area contributed by atoms with Crippen LogP contribution < -0.4 is 5.32 Å². The number of nitrogens with one attached hydrogen (secondary N) is 1. The van der Waals surface area contributed by atoms with E-state index in [0.717, 1.165) is 5.69 Å². The van der Waals surface area contributed by atoms with Crippen LogP contribution in [0.15, 0.2) is 29.4 Å². The van der Waals surface area contributed by atoms with E-state index in [1.807, 2.05) is 6.07 Å². The molecule has 0 bridgehead atoms. The Morgan fingerprint density at radius 3 is 2.62 bits per heavy atom. The molecular weight excluding hydrogens is 166 g/mol. The fourth-order valence-electron chi connectivity index (χ4n) is 0.903. The zero-order valence-electron chi connectivity index (χ0n) is 7.03. The second kappa shape index (κ2) is 4.88. The van der Waals surface area contributed by atoms with Crippen molar-refractivity contribution in [3.05, 3.63) is 29.2 Å². The predicted molar refractivity (Wildman–Crippen MR) is 50.6 cm³/mol. The predicted octanol–water partition coefficient (Wildman–Crippen LogP) is 2.41. The van der Waals surface area contributed by atoms with Crippen LogP contribution in [-0.2, 0) is 0 Å². The first-order chi connectivity index (χ1) is 6.36. The van der Waals surface area contributed by atoms with E-state index in [9.17, 15) is 4.91 Å². The number of nitrogens with zero attached hydrogens (tertiary/aromatic N) is 2. The highest BCUT2D eigenvalue weighted by Crippen LogP contribution is 2.15. The van der Waals surface area contributed by atoms with Crippen LogP contribution in [0.4, 0.5) is 11.4 Å². The Kier molecular flexibility index (Phi) is 3.45. The summed E-state index contributed by atoms with van der Waals surface area (Å²) in [5, 5.41) is 14.1. The summed E-state index contributed by atoms with van der Waals surface area (Å²) in [6.45, 7) is 0.615. The topological polar surface area (TPSA) is 65.2 Å². The minimum atomic E-state index is 0.408. The van der Waals surface area contributed by atoms with Crippen molar-refractivity contribution in [2.75, 3.05) is 11.9 Å². The molecule has 4 heteroatoms. The van der Waals surface area contributed by atoms with E-state index in [-0.39, 0.29) is 0 Å². The molecule has 0 radical (unpaired) electrons. The minimum Gasteiger partial charge on any atom is -0.384 e. The number of hydrogen-bond acceptors (Lipinski definition) is 4. The van der Waals surface area contributed by atoms with E-state index in [4.69, 9.17) is 5.26 Å². The number of anilines is 1. The maximum atomic E-state index is 10.1. The molecule has 0 aliphatic rings. The monoisotopic (exact) mass is 175 g/mol. The molecule has 0 heterocycles. The number of hydrogen-bond donors (Lipinski definition) is 1. The lowest BCUT2D eigenvalue weighted by molar-refractivity contribution is 1.08. The summed E-state index contributed by atoms with van der Waals surface area (Å²) < 4.78 is 0. The first kappa shape index (κ1) is 9.20. The Hall–Kier alpha value is -1.89. The number of nitriles is 1. The average Bonchev–Trinajstić information content (AvgIpc) is 2.19. The van der Waals surface area contributed by atoms with Crippen LogP contribution in [0.25, 0.3) is 0 Å². The van der Waals surface area contributed by atoms with Gasteiger partial charge in [0.15, 0.2) is 0 Å². The van der Waals surface area contributed by atoms with E-state index in [1.165, 1.54) is 0 Å². The molecule has 1 N–H and O–H groups in total. The summed E-state index contributed by atoms with van der Waals surface area (Å²) in [4.78, 5) is 10.1. The molecule has 0 aliphatic heterocycles. The Morgan fingerprint density at radius 1 is 1.38 bits per heavy atom. The summed E-state index contributed by atoms with van der Waals surface area (Å²) in [5.74, 6) is 0. The van der Waals surface area contributed by atoms with Gasteiger partial charge >= 0.3 is 0 Å². The summed E-state index contributed by atoms with van der Waals surface area (Å²) in [6.07, 6.45) is 0.466. The van der Waals surface area contributed by atoms with E-state index in [1.54, 1.807) is 24.3 Å². The lowest BCUT2D eigenvalue weighted by Crippen LogP contribution is -1.99. The number of nitroso groups, excluding NO2 is 1. The molecule has 4 nitrogen and oxygen atoms in total. The largest absolute Gasteiger partial charge is 0.384 e. The molecule has 0 saturated carbocycles. The van der Waals surface area contributed by atoms with Crippen molar-refractivity contribution in [3.63, 3.8) is 0 Å². The Bertz CT molecular complexity index is 313. The lowest BCUT2D eigenvalue weighted by atomic mass is 10.3. The fraction of sp³-hybridized carbons (Fsp3) is 0.222. The van der Waals surface area contributed by atoms with Crippen molar-refractivity contribution < 1.29 is 0 Å². The van der Waals surface area contributed by atoms with E-state index >= 15 is 0 Å². The Morgan fingerprint density at radius 2 is 2.08 bits per heavy atom. The second-order valence-corrected chi connectivity index (χ2v) is 2.47. The molecule has 0 spiro atoms. The van der Waals surface area contributed by atoms with Gasteiger partial charge in [-0.1, -0.05) is 0 Å². The zero-order chi connectivity index (χ0) is 9.52. The molecule has 0 fully saturated rings. The summed E-state index contributed by atoms with van der Waals surface area (Å²) >= 11 is 0. The van der Waals surface area contributed by atoms with Crippen molar-refractivity contribution in [2.24, 2.45) is 5.18 Å². The maximum absolute atomic E-state index is 10.1. The van der Waals surface area contributed by atoms with Crippen LogP contribution in [0.1, 0.15) is 6.42 Å². The van der Waals surface area contributed by atoms with Crippen LogP contribution in [0.2, 0.25) is 0 Å². The highest BCUT2D eigenvalue weighted by atomic mass is 16.3. The quantitative estimate of drug-likeness (QED) is 0.564. The third-order valence-electron chi connectivity index (χ3n) is 1.54. The molecule has 66 valence electrons. The van der Waals surface area contributed by atoms with Crippen molar-refractivity contribution >= 4 is 11.4 Å². The molecular formula is C9H9N3O. The molecule has 1 aromatic rings. The molecule has 0 saturated heterocycles. The van der Waals surface area contributed by atoms with Crippen LogP contribution in [0.5, 0.6) is 0 Å². The van der Waals surface area contributed by atoms with Gasteiger partial charge in [0.1, 0.15) is 5.69 Å². The van der Waals surface area contributed by atoms with Crippen LogP contribution in [0.3, 0.4) is 0 Å². The minimum absolute atomic E-state index is 0.408. The zero-order valence-corrected chi connectivity index (χ0v) is 7.03. The van der Waals surface area contributed by atoms with Gasteiger partial charge in [0.25, 0.3) is 0 Å².